The Morgan fingerprint density at radius 1 is 1.25 bits per heavy atom. The van der Waals surface area contributed by atoms with E-state index in [1.54, 1.807) is 0 Å². The monoisotopic (exact) mass is 228 g/mol. The molecule has 4 heteroatoms. The number of nitrogens with two attached hydrogens (primary N) is 1. The minimum absolute atomic E-state index is 0.225. The number of carbonyl (C=O) groups is 1. The molecular weight excluding hydrogens is 204 g/mol. The molecule has 94 valence electrons. The Morgan fingerprint density at radius 3 is 2.56 bits per heavy atom. The van der Waals surface area contributed by atoms with Gasteiger partial charge in [0.05, 0.1) is 0 Å². The van der Waals surface area contributed by atoms with Gasteiger partial charge in [-0.15, -0.1) is 0 Å². The van der Waals surface area contributed by atoms with Crippen molar-refractivity contribution in [2.75, 3.05) is 0 Å². The van der Waals surface area contributed by atoms with Gasteiger partial charge in [0, 0.05) is 12.1 Å². The predicted molar refractivity (Wildman–Crippen MR) is 64.2 cm³/mol. The third-order valence-electron chi connectivity index (χ3n) is 2.73. The lowest BCUT2D eigenvalue weighted by Crippen LogP contribution is -2.39. The highest BCUT2D eigenvalue weighted by atomic mass is 16.6. The van der Waals surface area contributed by atoms with Crippen molar-refractivity contribution in [3.8, 4) is 0 Å². The Kier molecular flexibility index (Phi) is 4.59. The van der Waals surface area contributed by atoms with E-state index in [2.05, 4.69) is 5.32 Å². The normalized spacial score (nSPS) is 27.0. The second-order valence-electron chi connectivity index (χ2n) is 5.61. The van der Waals surface area contributed by atoms with E-state index in [0.29, 0.717) is 6.04 Å². The summed E-state index contributed by atoms with van der Waals surface area (Å²) in [7, 11) is 0. The Labute approximate surface area is 97.9 Å². The van der Waals surface area contributed by atoms with Gasteiger partial charge in [0.1, 0.15) is 5.60 Å². The topological polar surface area (TPSA) is 64.3 Å². The Morgan fingerprint density at radius 2 is 1.94 bits per heavy atom. The van der Waals surface area contributed by atoms with Crippen molar-refractivity contribution in [1.29, 1.82) is 0 Å². The number of alkyl carbamates (subject to hydrolysis) is 1. The van der Waals surface area contributed by atoms with Crippen LogP contribution in [0.15, 0.2) is 0 Å². The molecule has 16 heavy (non-hydrogen) atoms. The maximum absolute atomic E-state index is 11.6. The highest BCUT2D eigenvalue weighted by Crippen LogP contribution is 2.17. The molecule has 1 fully saturated rings. The first kappa shape index (κ1) is 13.3. The summed E-state index contributed by atoms with van der Waals surface area (Å²) in [5, 5.41) is 2.92. The number of amides is 1. The van der Waals surface area contributed by atoms with Crippen molar-refractivity contribution in [2.45, 2.75) is 70.6 Å². The Balaban J connectivity index is 2.33. The molecule has 0 bridgehead atoms. The van der Waals surface area contributed by atoms with E-state index in [1.165, 1.54) is 0 Å². The zero-order chi connectivity index (χ0) is 12.2. The van der Waals surface area contributed by atoms with Crippen LogP contribution >= 0.6 is 0 Å². The highest BCUT2D eigenvalue weighted by molar-refractivity contribution is 5.68. The fraction of sp³-hybridized carbons (Fsp3) is 0.917. The summed E-state index contributed by atoms with van der Waals surface area (Å²) >= 11 is 0. The molecule has 0 heterocycles. The van der Waals surface area contributed by atoms with Gasteiger partial charge in [-0.2, -0.15) is 0 Å². The van der Waals surface area contributed by atoms with Gasteiger partial charge in [0.15, 0.2) is 0 Å². The number of carbonyl (C=O) groups excluding carboxylic acids is 1. The van der Waals surface area contributed by atoms with Crippen LogP contribution in [0.25, 0.3) is 0 Å². The molecule has 0 aliphatic heterocycles. The second-order valence-corrected chi connectivity index (χ2v) is 5.61. The SMILES string of the molecule is CC(C)(C)OC(=O)N[C@@H]1CCC[C@@H](N)CC1. The summed E-state index contributed by atoms with van der Waals surface area (Å²) in [6.07, 6.45) is 4.79. The summed E-state index contributed by atoms with van der Waals surface area (Å²) in [5.41, 5.74) is 5.46. The smallest absolute Gasteiger partial charge is 0.407 e. The summed E-state index contributed by atoms with van der Waals surface area (Å²) < 4.78 is 5.23. The number of rotatable bonds is 1. The summed E-state index contributed by atoms with van der Waals surface area (Å²) in [5.74, 6) is 0. The van der Waals surface area contributed by atoms with Crippen LogP contribution in [0.5, 0.6) is 0 Å². The molecule has 3 N–H and O–H groups in total. The highest BCUT2D eigenvalue weighted by Gasteiger charge is 2.21. The molecule has 1 amide bonds. The summed E-state index contributed by atoms with van der Waals surface area (Å²) in [4.78, 5) is 11.6. The van der Waals surface area contributed by atoms with Gasteiger partial charge in [-0.25, -0.2) is 4.79 Å². The molecule has 0 aromatic rings. The van der Waals surface area contributed by atoms with E-state index < -0.39 is 5.60 Å². The van der Waals surface area contributed by atoms with Crippen LogP contribution in [-0.2, 0) is 4.74 Å². The van der Waals surface area contributed by atoms with E-state index in [1.807, 2.05) is 20.8 Å². The maximum atomic E-state index is 11.6. The van der Waals surface area contributed by atoms with Gasteiger partial charge in [-0.1, -0.05) is 0 Å². The lowest BCUT2D eigenvalue weighted by atomic mass is 10.1. The average molecular weight is 228 g/mol. The Hall–Kier alpha value is -0.770. The zero-order valence-corrected chi connectivity index (χ0v) is 10.6. The van der Waals surface area contributed by atoms with Crippen molar-refractivity contribution in [3.63, 3.8) is 0 Å². The first-order chi connectivity index (χ1) is 7.37. The van der Waals surface area contributed by atoms with Gasteiger partial charge in [0.2, 0.25) is 0 Å². The van der Waals surface area contributed by atoms with Gasteiger partial charge >= 0.3 is 6.09 Å². The van der Waals surface area contributed by atoms with Gasteiger partial charge in [0.25, 0.3) is 0 Å². The van der Waals surface area contributed by atoms with Crippen molar-refractivity contribution < 1.29 is 9.53 Å². The molecule has 2 atom stereocenters. The number of hydrogen-bond acceptors (Lipinski definition) is 3. The number of nitrogens with one attached hydrogen (secondary N) is 1. The quantitative estimate of drug-likeness (QED) is 0.676. The molecule has 0 spiro atoms. The van der Waals surface area contributed by atoms with E-state index >= 15 is 0 Å². The molecule has 1 aliphatic rings. The molecule has 1 aliphatic carbocycles. The van der Waals surface area contributed by atoms with Crippen LogP contribution in [-0.4, -0.2) is 23.8 Å². The molecule has 1 saturated carbocycles. The van der Waals surface area contributed by atoms with E-state index in [0.717, 1.165) is 32.1 Å². The van der Waals surface area contributed by atoms with Crippen LogP contribution < -0.4 is 11.1 Å². The first-order valence-electron chi connectivity index (χ1n) is 6.12. The largest absolute Gasteiger partial charge is 0.444 e. The Bertz CT molecular complexity index is 236. The van der Waals surface area contributed by atoms with Gasteiger partial charge in [-0.05, 0) is 52.9 Å². The average Bonchev–Trinajstić information content (AvgIpc) is 2.27. The third kappa shape index (κ3) is 5.35. The van der Waals surface area contributed by atoms with Crippen LogP contribution in [0.2, 0.25) is 0 Å². The van der Waals surface area contributed by atoms with Gasteiger partial charge in [-0.3, -0.25) is 0 Å². The minimum atomic E-state index is -0.425. The molecular formula is C12H24N2O2. The molecule has 0 aromatic heterocycles. The van der Waals surface area contributed by atoms with Crippen LogP contribution in [0.3, 0.4) is 0 Å². The standard InChI is InChI=1S/C12H24N2O2/c1-12(2,3)16-11(15)14-10-6-4-5-9(13)7-8-10/h9-10H,4-8,13H2,1-3H3,(H,14,15)/t9-,10-/m1/s1. The fourth-order valence-electron chi connectivity index (χ4n) is 1.95. The predicted octanol–water partition coefficient (Wildman–Crippen LogP) is 2.17. The summed E-state index contributed by atoms with van der Waals surface area (Å²) in [6.45, 7) is 5.61. The lowest BCUT2D eigenvalue weighted by Gasteiger charge is -2.22. The van der Waals surface area contributed by atoms with Gasteiger partial charge < -0.3 is 15.8 Å². The van der Waals surface area contributed by atoms with E-state index in [4.69, 9.17) is 10.5 Å². The van der Waals surface area contributed by atoms with Crippen LogP contribution in [0.4, 0.5) is 4.79 Å². The number of hydrogen-bond donors (Lipinski definition) is 2. The molecule has 4 nitrogen and oxygen atoms in total. The third-order valence-corrected chi connectivity index (χ3v) is 2.73. The zero-order valence-electron chi connectivity index (χ0n) is 10.6. The first-order valence-corrected chi connectivity index (χ1v) is 6.12. The summed E-state index contributed by atoms with van der Waals surface area (Å²) in [6, 6.07) is 0.522. The van der Waals surface area contributed by atoms with Crippen molar-refractivity contribution >= 4 is 6.09 Å². The fourth-order valence-corrected chi connectivity index (χ4v) is 1.95. The van der Waals surface area contributed by atoms with Crippen molar-refractivity contribution in [2.24, 2.45) is 5.73 Å². The maximum Gasteiger partial charge on any atom is 0.407 e. The number of ether oxygens (including phenoxy) is 1. The molecule has 0 aromatic carbocycles. The second kappa shape index (κ2) is 5.53. The molecule has 0 saturated heterocycles. The molecule has 1 rings (SSSR count). The van der Waals surface area contributed by atoms with Crippen LogP contribution in [0, 0.1) is 0 Å². The molecule has 0 unspecified atom stereocenters. The lowest BCUT2D eigenvalue weighted by molar-refractivity contribution is 0.0499. The van der Waals surface area contributed by atoms with Crippen LogP contribution in [0.1, 0.15) is 52.9 Å². The van der Waals surface area contributed by atoms with E-state index in [-0.39, 0.29) is 12.1 Å². The van der Waals surface area contributed by atoms with Crippen molar-refractivity contribution in [3.05, 3.63) is 0 Å². The minimum Gasteiger partial charge on any atom is -0.444 e. The van der Waals surface area contributed by atoms with E-state index in [9.17, 15) is 4.79 Å². The molecule has 0 radical (unpaired) electrons. The van der Waals surface area contributed by atoms with Crippen molar-refractivity contribution in [1.82, 2.24) is 5.32 Å².